The molecule has 0 aromatic rings. The van der Waals surface area contributed by atoms with Crippen LogP contribution in [0.15, 0.2) is 0 Å². The first kappa shape index (κ1) is 26.0. The molecule has 1 radical (unpaired) electrons. The van der Waals surface area contributed by atoms with Crippen molar-refractivity contribution < 1.29 is 0 Å². The van der Waals surface area contributed by atoms with Crippen LogP contribution in [0.1, 0.15) is 155 Å². The Morgan fingerprint density at radius 3 is 0.885 bits per heavy atom. The molecule has 0 saturated heterocycles. The van der Waals surface area contributed by atoms with E-state index >= 15 is 0 Å². The van der Waals surface area contributed by atoms with Crippen LogP contribution >= 0.6 is 0 Å². The molecule has 0 nitrogen and oxygen atoms in total. The van der Waals surface area contributed by atoms with Gasteiger partial charge in [-0.15, -0.1) is 0 Å². The van der Waals surface area contributed by atoms with Crippen LogP contribution < -0.4 is 0 Å². The standard InChI is InChI=1S/C26H53/c1-4-6-8-10-12-13-14-15-16-17-19-21-23-25-26(3)24-22-20-18-11-9-7-5-2/h26H,3-25H2,1-2H3. The monoisotopic (exact) mass is 365 g/mol. The fourth-order valence-electron chi connectivity index (χ4n) is 3.99. The highest BCUT2D eigenvalue weighted by molar-refractivity contribution is 4.62. The number of hydrogen-bond donors (Lipinski definition) is 0. The summed E-state index contributed by atoms with van der Waals surface area (Å²) >= 11 is 0. The van der Waals surface area contributed by atoms with Crippen LogP contribution in [0.4, 0.5) is 0 Å². The van der Waals surface area contributed by atoms with Crippen LogP contribution in [0.5, 0.6) is 0 Å². The zero-order valence-electron chi connectivity index (χ0n) is 18.8. The van der Waals surface area contributed by atoms with E-state index in [1.807, 2.05) is 0 Å². The first-order valence-corrected chi connectivity index (χ1v) is 12.6. The lowest BCUT2D eigenvalue weighted by Gasteiger charge is -2.11. The highest BCUT2D eigenvalue weighted by Gasteiger charge is 2.02. The predicted molar refractivity (Wildman–Crippen MR) is 122 cm³/mol. The molecule has 0 fully saturated rings. The fourth-order valence-corrected chi connectivity index (χ4v) is 3.99. The summed E-state index contributed by atoms with van der Waals surface area (Å²) in [6.45, 7) is 8.97. The Morgan fingerprint density at radius 2 is 0.615 bits per heavy atom. The van der Waals surface area contributed by atoms with Crippen molar-refractivity contribution in [2.45, 2.75) is 155 Å². The maximum atomic E-state index is 4.38. The van der Waals surface area contributed by atoms with Crippen molar-refractivity contribution in [3.63, 3.8) is 0 Å². The van der Waals surface area contributed by atoms with E-state index in [0.29, 0.717) is 0 Å². The van der Waals surface area contributed by atoms with E-state index in [1.165, 1.54) is 141 Å². The molecule has 1 atom stereocenters. The third kappa shape index (κ3) is 22.0. The summed E-state index contributed by atoms with van der Waals surface area (Å²) in [6, 6.07) is 0. The van der Waals surface area contributed by atoms with Crippen LogP contribution in [-0.4, -0.2) is 0 Å². The van der Waals surface area contributed by atoms with Crippen LogP contribution in [0.25, 0.3) is 0 Å². The Bertz CT molecular complexity index is 232. The third-order valence-electron chi connectivity index (χ3n) is 5.93. The molecule has 0 aliphatic heterocycles. The second kappa shape index (κ2) is 23.0. The van der Waals surface area contributed by atoms with E-state index < -0.39 is 0 Å². The summed E-state index contributed by atoms with van der Waals surface area (Å²) in [4.78, 5) is 0. The SMILES string of the molecule is [CH2]C(CCCCCCCCC)CCCCCCCCCCCCCCC. The number of unbranched alkanes of at least 4 members (excludes halogenated alkanes) is 18. The van der Waals surface area contributed by atoms with Gasteiger partial charge in [-0.2, -0.15) is 0 Å². The van der Waals surface area contributed by atoms with E-state index in [-0.39, 0.29) is 0 Å². The lowest BCUT2D eigenvalue weighted by Crippen LogP contribution is -1.95. The smallest absolute Gasteiger partial charge is 0.0414 e. The van der Waals surface area contributed by atoms with Gasteiger partial charge in [0.2, 0.25) is 0 Å². The van der Waals surface area contributed by atoms with Crippen LogP contribution in [0.3, 0.4) is 0 Å². The molecular weight excluding hydrogens is 312 g/mol. The Kier molecular flexibility index (Phi) is 23.0. The van der Waals surface area contributed by atoms with E-state index in [1.54, 1.807) is 0 Å². The summed E-state index contributed by atoms with van der Waals surface area (Å²) in [6.07, 6.45) is 31.6. The van der Waals surface area contributed by atoms with Crippen molar-refractivity contribution in [2.24, 2.45) is 5.92 Å². The molecule has 0 saturated carbocycles. The van der Waals surface area contributed by atoms with Gasteiger partial charge in [0.25, 0.3) is 0 Å². The average Bonchev–Trinajstić information content (AvgIpc) is 2.64. The van der Waals surface area contributed by atoms with Crippen molar-refractivity contribution >= 4 is 0 Å². The molecule has 26 heavy (non-hydrogen) atoms. The molecule has 0 aliphatic rings. The van der Waals surface area contributed by atoms with Crippen molar-refractivity contribution in [2.75, 3.05) is 0 Å². The summed E-state index contributed by atoms with van der Waals surface area (Å²) in [5, 5.41) is 0. The van der Waals surface area contributed by atoms with E-state index in [0.717, 1.165) is 5.92 Å². The van der Waals surface area contributed by atoms with Gasteiger partial charge in [0.1, 0.15) is 0 Å². The minimum absolute atomic E-state index is 0.721. The van der Waals surface area contributed by atoms with Gasteiger partial charge in [-0.05, 0) is 5.92 Å². The van der Waals surface area contributed by atoms with E-state index in [9.17, 15) is 0 Å². The molecule has 157 valence electrons. The zero-order valence-corrected chi connectivity index (χ0v) is 18.8. The molecule has 0 N–H and O–H groups in total. The van der Waals surface area contributed by atoms with Crippen LogP contribution in [-0.2, 0) is 0 Å². The molecule has 0 amide bonds. The highest BCUT2D eigenvalue weighted by Crippen LogP contribution is 2.18. The lowest BCUT2D eigenvalue weighted by molar-refractivity contribution is 0.460. The zero-order chi connectivity index (χ0) is 19.1. The molecule has 0 spiro atoms. The molecule has 0 aliphatic carbocycles. The van der Waals surface area contributed by atoms with Gasteiger partial charge in [0.15, 0.2) is 0 Å². The van der Waals surface area contributed by atoms with Gasteiger partial charge in [-0.3, -0.25) is 0 Å². The maximum Gasteiger partial charge on any atom is -0.0414 e. The quantitative estimate of drug-likeness (QED) is 0.167. The van der Waals surface area contributed by atoms with Crippen molar-refractivity contribution in [3.8, 4) is 0 Å². The Hall–Kier alpha value is 0. The highest BCUT2D eigenvalue weighted by atomic mass is 14.1. The molecular formula is C26H53. The van der Waals surface area contributed by atoms with E-state index in [4.69, 9.17) is 0 Å². The molecule has 0 heteroatoms. The second-order valence-electron chi connectivity index (χ2n) is 8.81. The first-order chi connectivity index (χ1) is 12.8. The number of hydrogen-bond acceptors (Lipinski definition) is 0. The summed E-state index contributed by atoms with van der Waals surface area (Å²) in [5.74, 6) is 0.721. The minimum atomic E-state index is 0.721. The Labute approximate surface area is 168 Å². The largest absolute Gasteiger partial charge is 0.0654 e. The second-order valence-corrected chi connectivity index (χ2v) is 8.81. The van der Waals surface area contributed by atoms with Gasteiger partial charge in [-0.1, -0.05) is 162 Å². The average molecular weight is 366 g/mol. The third-order valence-corrected chi connectivity index (χ3v) is 5.93. The maximum absolute atomic E-state index is 4.38. The summed E-state index contributed by atoms with van der Waals surface area (Å²) in [5.41, 5.74) is 0. The molecule has 0 heterocycles. The molecule has 0 bridgehead atoms. The summed E-state index contributed by atoms with van der Waals surface area (Å²) < 4.78 is 0. The molecule has 0 aromatic carbocycles. The van der Waals surface area contributed by atoms with Gasteiger partial charge in [0, 0.05) is 0 Å². The first-order valence-electron chi connectivity index (χ1n) is 12.6. The normalized spacial score (nSPS) is 12.6. The topological polar surface area (TPSA) is 0 Å². The van der Waals surface area contributed by atoms with Crippen LogP contribution in [0.2, 0.25) is 0 Å². The van der Waals surface area contributed by atoms with Gasteiger partial charge in [0.05, 0.1) is 0 Å². The Morgan fingerprint density at radius 1 is 0.385 bits per heavy atom. The fraction of sp³-hybridized carbons (Fsp3) is 0.962. The molecule has 0 aromatic heterocycles. The van der Waals surface area contributed by atoms with Gasteiger partial charge < -0.3 is 0 Å². The summed E-state index contributed by atoms with van der Waals surface area (Å²) in [7, 11) is 0. The minimum Gasteiger partial charge on any atom is -0.0654 e. The molecule has 1 unspecified atom stereocenters. The Balaban J connectivity index is 3.10. The lowest BCUT2D eigenvalue weighted by atomic mass is 9.95. The molecule has 0 rings (SSSR count). The van der Waals surface area contributed by atoms with Crippen molar-refractivity contribution in [1.29, 1.82) is 0 Å². The van der Waals surface area contributed by atoms with Gasteiger partial charge >= 0.3 is 0 Å². The van der Waals surface area contributed by atoms with Crippen molar-refractivity contribution in [1.82, 2.24) is 0 Å². The number of rotatable bonds is 22. The predicted octanol–water partition coefficient (Wildman–Crippen LogP) is 10.1. The van der Waals surface area contributed by atoms with E-state index in [2.05, 4.69) is 20.8 Å². The van der Waals surface area contributed by atoms with Gasteiger partial charge in [-0.25, -0.2) is 0 Å². The van der Waals surface area contributed by atoms with Crippen molar-refractivity contribution in [3.05, 3.63) is 6.92 Å². The van der Waals surface area contributed by atoms with Crippen LogP contribution in [0, 0.1) is 12.8 Å².